The Labute approximate surface area is 217 Å². The number of hydrogen-bond acceptors (Lipinski definition) is 7. The van der Waals surface area contributed by atoms with Crippen LogP contribution in [0, 0.1) is 18.3 Å². The molecule has 0 unspecified atom stereocenters. The third-order valence-electron chi connectivity index (χ3n) is 6.29. The highest BCUT2D eigenvalue weighted by Crippen LogP contribution is 2.33. The highest BCUT2D eigenvalue weighted by molar-refractivity contribution is 7.92. The number of nitrogens with zero attached hydrogens (tertiary/aromatic N) is 3. The minimum absolute atomic E-state index is 0.0457. The Hall–Kier alpha value is -3.89. The number of halogens is 3. The first-order chi connectivity index (χ1) is 17.9. The number of amides is 1. The molecule has 0 atom stereocenters. The number of ether oxygens (including phenoxy) is 1. The molecule has 0 aliphatic carbocycles. The van der Waals surface area contributed by atoms with E-state index in [4.69, 9.17) is 5.26 Å². The summed E-state index contributed by atoms with van der Waals surface area (Å²) in [4.78, 5) is 17.3. The Morgan fingerprint density at radius 1 is 1.24 bits per heavy atom. The standard InChI is InChI=1S/C25H24F3N5O4S/c1-17-15-20(30-11-10-29)6-5-18(17)7-14-38(35,36)33-12-8-24(9-13-33)23(34)31-22(32-24)19-3-2-4-21(16-19)37-25(26,27)28/h2-7,14-16,30H,8-9,11-13H2,1H3,(H,31,32,34)/b14-7+. The molecule has 9 nitrogen and oxygen atoms in total. The lowest BCUT2D eigenvalue weighted by Gasteiger charge is -2.34. The molecule has 38 heavy (non-hydrogen) atoms. The quantitative estimate of drug-likeness (QED) is 0.511. The van der Waals surface area contributed by atoms with E-state index in [-0.39, 0.29) is 43.9 Å². The molecule has 2 aliphatic heterocycles. The highest BCUT2D eigenvalue weighted by Gasteiger charge is 2.47. The maximum Gasteiger partial charge on any atom is 0.573 e. The summed E-state index contributed by atoms with van der Waals surface area (Å²) in [6, 6.07) is 12.4. The molecule has 2 N–H and O–H groups in total. The summed E-state index contributed by atoms with van der Waals surface area (Å²) in [5.41, 5.74) is 1.32. The first-order valence-electron chi connectivity index (χ1n) is 11.6. The number of nitriles is 1. The van der Waals surface area contributed by atoms with E-state index >= 15 is 0 Å². The van der Waals surface area contributed by atoms with E-state index in [1.54, 1.807) is 12.1 Å². The number of benzene rings is 2. The van der Waals surface area contributed by atoms with Crippen molar-refractivity contribution < 1.29 is 31.1 Å². The average molecular weight is 548 g/mol. The van der Waals surface area contributed by atoms with Gasteiger partial charge in [0.25, 0.3) is 5.91 Å². The number of alkyl halides is 3. The third-order valence-corrected chi connectivity index (χ3v) is 7.86. The summed E-state index contributed by atoms with van der Waals surface area (Å²) >= 11 is 0. The van der Waals surface area contributed by atoms with Crippen LogP contribution in [0.3, 0.4) is 0 Å². The van der Waals surface area contributed by atoms with Crippen LogP contribution >= 0.6 is 0 Å². The number of carbonyl (C=O) groups is 1. The van der Waals surface area contributed by atoms with Gasteiger partial charge >= 0.3 is 6.36 Å². The first kappa shape index (κ1) is 27.2. The minimum atomic E-state index is -4.86. The molecular formula is C25H24F3N5O4S. The highest BCUT2D eigenvalue weighted by atomic mass is 32.2. The van der Waals surface area contributed by atoms with Crippen molar-refractivity contribution in [1.29, 1.82) is 5.26 Å². The fourth-order valence-corrected chi connectivity index (χ4v) is 5.49. The number of aryl methyl sites for hydroxylation is 1. The summed E-state index contributed by atoms with van der Waals surface area (Å²) in [6.45, 7) is 2.07. The van der Waals surface area contributed by atoms with E-state index in [9.17, 15) is 26.4 Å². The van der Waals surface area contributed by atoms with Gasteiger partial charge < -0.3 is 15.4 Å². The van der Waals surface area contributed by atoms with Crippen LogP contribution in [0.4, 0.5) is 18.9 Å². The smallest absolute Gasteiger partial charge is 0.406 e. The first-order valence-corrected chi connectivity index (χ1v) is 13.1. The van der Waals surface area contributed by atoms with Gasteiger partial charge in [-0.15, -0.1) is 13.2 Å². The van der Waals surface area contributed by atoms with Gasteiger partial charge in [-0.05, 0) is 61.2 Å². The molecule has 0 aromatic heterocycles. The van der Waals surface area contributed by atoms with E-state index in [0.29, 0.717) is 5.56 Å². The Morgan fingerprint density at radius 3 is 2.63 bits per heavy atom. The Morgan fingerprint density at radius 2 is 1.97 bits per heavy atom. The number of sulfonamides is 1. The van der Waals surface area contributed by atoms with Crippen LogP contribution in [-0.4, -0.2) is 56.0 Å². The second-order valence-electron chi connectivity index (χ2n) is 8.85. The molecule has 1 amide bonds. The van der Waals surface area contributed by atoms with Crippen molar-refractivity contribution in [2.75, 3.05) is 25.0 Å². The van der Waals surface area contributed by atoms with Crippen molar-refractivity contribution in [2.45, 2.75) is 31.7 Å². The maximum absolute atomic E-state index is 12.9. The van der Waals surface area contributed by atoms with Crippen LogP contribution in [0.15, 0.2) is 52.9 Å². The molecule has 0 bridgehead atoms. The van der Waals surface area contributed by atoms with Crippen molar-refractivity contribution >= 4 is 33.5 Å². The van der Waals surface area contributed by atoms with Gasteiger partial charge in [0.2, 0.25) is 10.0 Å². The largest absolute Gasteiger partial charge is 0.573 e. The predicted molar refractivity (Wildman–Crippen MR) is 135 cm³/mol. The normalized spacial score (nSPS) is 17.8. The van der Waals surface area contributed by atoms with Gasteiger partial charge in [-0.1, -0.05) is 18.2 Å². The molecular weight excluding hydrogens is 523 g/mol. The monoisotopic (exact) mass is 547 g/mol. The summed E-state index contributed by atoms with van der Waals surface area (Å²) in [6.07, 6.45) is -3.12. The second kappa shape index (κ2) is 10.5. The minimum Gasteiger partial charge on any atom is -0.406 e. The zero-order chi connectivity index (χ0) is 27.6. The summed E-state index contributed by atoms with van der Waals surface area (Å²) in [5, 5.41) is 15.3. The van der Waals surface area contributed by atoms with Gasteiger partial charge in [0, 0.05) is 29.7 Å². The number of nitrogens with one attached hydrogen (secondary N) is 2. The average Bonchev–Trinajstić information content (AvgIpc) is 3.17. The van der Waals surface area contributed by atoms with Crippen LogP contribution in [0.25, 0.3) is 6.08 Å². The number of carbonyl (C=O) groups excluding carboxylic acids is 1. The van der Waals surface area contributed by atoms with E-state index in [1.807, 2.05) is 19.1 Å². The Kier molecular flexibility index (Phi) is 7.48. The van der Waals surface area contributed by atoms with Gasteiger partial charge in [0.1, 0.15) is 23.7 Å². The van der Waals surface area contributed by atoms with Gasteiger partial charge in [0.15, 0.2) is 0 Å². The molecule has 13 heteroatoms. The topological polar surface area (TPSA) is 124 Å². The molecule has 200 valence electrons. The molecule has 4 rings (SSSR count). The van der Waals surface area contributed by atoms with E-state index in [1.165, 1.54) is 22.5 Å². The number of rotatable bonds is 7. The van der Waals surface area contributed by atoms with Crippen molar-refractivity contribution in [2.24, 2.45) is 4.99 Å². The Balaban J connectivity index is 1.44. The Bertz CT molecular complexity index is 1440. The number of hydrogen-bond donors (Lipinski definition) is 2. The third kappa shape index (κ3) is 6.15. The van der Waals surface area contributed by atoms with Crippen LogP contribution in [0.2, 0.25) is 0 Å². The summed E-state index contributed by atoms with van der Waals surface area (Å²) in [7, 11) is -3.78. The SMILES string of the molecule is Cc1cc(NCC#N)ccc1/C=C/S(=O)(=O)N1CCC2(CC1)N=C(c1cccc(OC(F)(F)F)c1)NC2=O. The van der Waals surface area contributed by atoms with Crippen LogP contribution in [-0.2, 0) is 14.8 Å². The van der Waals surface area contributed by atoms with Crippen molar-refractivity contribution in [1.82, 2.24) is 9.62 Å². The van der Waals surface area contributed by atoms with Gasteiger partial charge in [0.05, 0.1) is 6.07 Å². The number of piperidine rings is 1. The number of aliphatic imine (C=N–C) groups is 1. The van der Waals surface area contributed by atoms with Crippen LogP contribution < -0.4 is 15.4 Å². The molecule has 1 fully saturated rings. The van der Waals surface area contributed by atoms with Gasteiger partial charge in [-0.2, -0.15) is 9.57 Å². The van der Waals surface area contributed by atoms with Crippen molar-refractivity contribution in [3.8, 4) is 11.8 Å². The van der Waals surface area contributed by atoms with Crippen molar-refractivity contribution in [3.63, 3.8) is 0 Å². The van der Waals surface area contributed by atoms with Gasteiger partial charge in [-0.3, -0.25) is 9.79 Å². The summed E-state index contributed by atoms with van der Waals surface area (Å²) < 4.78 is 68.8. The molecule has 1 spiro atoms. The fraction of sp³-hybridized carbons (Fsp3) is 0.320. The molecule has 2 aromatic carbocycles. The molecule has 2 heterocycles. The van der Waals surface area contributed by atoms with Crippen LogP contribution in [0.1, 0.15) is 29.5 Å². The molecule has 0 radical (unpaired) electrons. The van der Waals surface area contributed by atoms with E-state index in [2.05, 4.69) is 20.4 Å². The lowest BCUT2D eigenvalue weighted by molar-refractivity contribution is -0.274. The molecule has 2 aromatic rings. The van der Waals surface area contributed by atoms with Gasteiger partial charge in [-0.25, -0.2) is 8.42 Å². The van der Waals surface area contributed by atoms with E-state index in [0.717, 1.165) is 28.8 Å². The lowest BCUT2D eigenvalue weighted by atomic mass is 9.89. The predicted octanol–water partition coefficient (Wildman–Crippen LogP) is 3.54. The fourth-order valence-electron chi connectivity index (χ4n) is 4.30. The molecule has 1 saturated heterocycles. The van der Waals surface area contributed by atoms with E-state index < -0.39 is 33.6 Å². The number of amidine groups is 1. The second-order valence-corrected chi connectivity index (χ2v) is 10.7. The van der Waals surface area contributed by atoms with Crippen molar-refractivity contribution in [3.05, 3.63) is 64.6 Å². The number of anilines is 1. The maximum atomic E-state index is 12.9. The summed E-state index contributed by atoms with van der Waals surface area (Å²) in [5.74, 6) is -0.756. The lowest BCUT2D eigenvalue weighted by Crippen LogP contribution is -2.50. The molecule has 0 saturated carbocycles. The zero-order valence-electron chi connectivity index (χ0n) is 20.2. The van der Waals surface area contributed by atoms with Crippen LogP contribution in [0.5, 0.6) is 5.75 Å². The zero-order valence-corrected chi connectivity index (χ0v) is 21.1. The molecule has 2 aliphatic rings.